The normalized spacial score (nSPS) is 28.8. The Kier molecular flexibility index (Phi) is 4.01. The van der Waals surface area contributed by atoms with E-state index in [1.54, 1.807) is 4.68 Å². The SMILES string of the molecule is CC(C)C1CCC(O)C(n2cc(S(C)(=O)=O)cn2)C1. The van der Waals surface area contributed by atoms with E-state index in [4.69, 9.17) is 0 Å². The molecular weight excluding hydrogens is 264 g/mol. The molecule has 0 radical (unpaired) electrons. The monoisotopic (exact) mass is 286 g/mol. The Morgan fingerprint density at radius 2 is 2.11 bits per heavy atom. The van der Waals surface area contributed by atoms with Gasteiger partial charge in [0.05, 0.1) is 18.3 Å². The van der Waals surface area contributed by atoms with Crippen molar-refractivity contribution in [3.63, 3.8) is 0 Å². The highest BCUT2D eigenvalue weighted by Gasteiger charge is 2.32. The minimum absolute atomic E-state index is 0.114. The Balaban J connectivity index is 2.22. The van der Waals surface area contributed by atoms with E-state index in [9.17, 15) is 13.5 Å². The van der Waals surface area contributed by atoms with Gasteiger partial charge in [0.1, 0.15) is 4.90 Å². The number of aliphatic hydroxyl groups excluding tert-OH is 1. The van der Waals surface area contributed by atoms with Gasteiger partial charge >= 0.3 is 0 Å². The summed E-state index contributed by atoms with van der Waals surface area (Å²) < 4.78 is 24.6. The van der Waals surface area contributed by atoms with E-state index in [0.717, 1.165) is 19.3 Å². The van der Waals surface area contributed by atoms with Crippen LogP contribution in [0.2, 0.25) is 0 Å². The van der Waals surface area contributed by atoms with Crippen LogP contribution in [0, 0.1) is 11.8 Å². The molecule has 1 saturated carbocycles. The summed E-state index contributed by atoms with van der Waals surface area (Å²) in [4.78, 5) is 0.214. The molecule has 1 aromatic rings. The minimum Gasteiger partial charge on any atom is -0.391 e. The van der Waals surface area contributed by atoms with Gasteiger partial charge in [-0.3, -0.25) is 4.68 Å². The van der Waals surface area contributed by atoms with Crippen molar-refractivity contribution < 1.29 is 13.5 Å². The van der Waals surface area contributed by atoms with Crippen molar-refractivity contribution in [2.75, 3.05) is 6.26 Å². The van der Waals surface area contributed by atoms with Crippen molar-refractivity contribution in [1.29, 1.82) is 0 Å². The number of sulfone groups is 1. The molecule has 3 atom stereocenters. The van der Waals surface area contributed by atoms with Crippen LogP contribution in [0.5, 0.6) is 0 Å². The van der Waals surface area contributed by atoms with Gasteiger partial charge < -0.3 is 5.11 Å². The third-order valence-corrected chi connectivity index (χ3v) is 5.18. The fourth-order valence-electron chi connectivity index (χ4n) is 2.75. The zero-order valence-electron chi connectivity index (χ0n) is 11.7. The van der Waals surface area contributed by atoms with Crippen LogP contribution in [0.15, 0.2) is 17.3 Å². The van der Waals surface area contributed by atoms with Crippen molar-refractivity contribution in [3.05, 3.63) is 12.4 Å². The summed E-state index contributed by atoms with van der Waals surface area (Å²) in [5.74, 6) is 1.12. The van der Waals surface area contributed by atoms with E-state index >= 15 is 0 Å². The van der Waals surface area contributed by atoms with Gasteiger partial charge in [-0.15, -0.1) is 0 Å². The molecule has 1 heterocycles. The number of rotatable bonds is 3. The zero-order valence-corrected chi connectivity index (χ0v) is 12.5. The molecule has 0 aromatic carbocycles. The molecule has 1 fully saturated rings. The lowest BCUT2D eigenvalue weighted by molar-refractivity contribution is 0.0382. The van der Waals surface area contributed by atoms with E-state index in [1.807, 2.05) is 0 Å². The van der Waals surface area contributed by atoms with Crippen LogP contribution in [0.25, 0.3) is 0 Å². The number of nitrogens with zero attached hydrogens (tertiary/aromatic N) is 2. The van der Waals surface area contributed by atoms with Crippen LogP contribution in [0.3, 0.4) is 0 Å². The molecule has 19 heavy (non-hydrogen) atoms. The van der Waals surface area contributed by atoms with Crippen LogP contribution in [0.4, 0.5) is 0 Å². The maximum Gasteiger partial charge on any atom is 0.178 e. The summed E-state index contributed by atoms with van der Waals surface area (Å²) >= 11 is 0. The van der Waals surface area contributed by atoms with Gasteiger partial charge in [-0.05, 0) is 31.1 Å². The largest absolute Gasteiger partial charge is 0.391 e. The minimum atomic E-state index is -3.23. The molecule has 1 aliphatic carbocycles. The molecule has 1 aliphatic rings. The molecule has 108 valence electrons. The molecular formula is C13H22N2O3S. The molecule has 0 spiro atoms. The van der Waals surface area contributed by atoms with Gasteiger partial charge in [0.25, 0.3) is 0 Å². The number of aromatic nitrogens is 2. The van der Waals surface area contributed by atoms with Crippen LogP contribution < -0.4 is 0 Å². The van der Waals surface area contributed by atoms with Crippen LogP contribution in [0.1, 0.15) is 39.2 Å². The van der Waals surface area contributed by atoms with Crippen molar-refractivity contribution in [1.82, 2.24) is 9.78 Å². The van der Waals surface area contributed by atoms with E-state index < -0.39 is 15.9 Å². The highest BCUT2D eigenvalue weighted by atomic mass is 32.2. The summed E-state index contributed by atoms with van der Waals surface area (Å²) in [5.41, 5.74) is 0. The number of aliphatic hydroxyl groups is 1. The fourth-order valence-corrected chi connectivity index (χ4v) is 3.28. The first-order valence-corrected chi connectivity index (χ1v) is 8.60. The molecule has 3 unspecified atom stereocenters. The van der Waals surface area contributed by atoms with Gasteiger partial charge in [-0.2, -0.15) is 5.10 Å². The molecule has 0 saturated heterocycles. The Morgan fingerprint density at radius 1 is 1.42 bits per heavy atom. The third-order valence-electron chi connectivity index (χ3n) is 4.11. The zero-order chi connectivity index (χ0) is 14.2. The summed E-state index contributed by atoms with van der Waals surface area (Å²) in [6, 6.07) is -0.114. The molecule has 1 N–H and O–H groups in total. The van der Waals surface area contributed by atoms with E-state index in [-0.39, 0.29) is 10.9 Å². The molecule has 0 bridgehead atoms. The van der Waals surface area contributed by atoms with Gasteiger partial charge in [-0.25, -0.2) is 8.42 Å². The fraction of sp³-hybridized carbons (Fsp3) is 0.769. The first-order valence-electron chi connectivity index (χ1n) is 6.71. The number of hydrogen-bond donors (Lipinski definition) is 1. The second-order valence-electron chi connectivity index (χ2n) is 5.88. The first kappa shape index (κ1) is 14.5. The average molecular weight is 286 g/mol. The summed E-state index contributed by atoms with van der Waals surface area (Å²) in [5, 5.41) is 14.3. The van der Waals surface area contributed by atoms with Crippen molar-refractivity contribution in [3.8, 4) is 0 Å². The van der Waals surface area contributed by atoms with E-state index in [0.29, 0.717) is 11.8 Å². The molecule has 0 amide bonds. The lowest BCUT2D eigenvalue weighted by atomic mass is 9.78. The maximum atomic E-state index is 11.5. The Morgan fingerprint density at radius 3 is 2.63 bits per heavy atom. The Hall–Kier alpha value is -0.880. The van der Waals surface area contributed by atoms with E-state index in [2.05, 4.69) is 18.9 Å². The topological polar surface area (TPSA) is 72.2 Å². The molecule has 0 aliphatic heterocycles. The maximum absolute atomic E-state index is 11.5. The van der Waals surface area contributed by atoms with Crippen molar-refractivity contribution >= 4 is 9.84 Å². The second kappa shape index (κ2) is 5.25. The first-order chi connectivity index (χ1) is 8.79. The summed E-state index contributed by atoms with van der Waals surface area (Å²) in [6.07, 6.45) is 6.25. The lowest BCUT2D eigenvalue weighted by Crippen LogP contribution is -2.33. The second-order valence-corrected chi connectivity index (χ2v) is 7.90. The predicted octanol–water partition coefficient (Wildman–Crippen LogP) is 1.64. The number of hydrogen-bond acceptors (Lipinski definition) is 4. The average Bonchev–Trinajstić information content (AvgIpc) is 2.78. The van der Waals surface area contributed by atoms with Crippen LogP contribution in [-0.4, -0.2) is 35.7 Å². The Bertz CT molecular complexity index is 536. The summed E-state index contributed by atoms with van der Waals surface area (Å²) in [7, 11) is -3.23. The Labute approximate surface area is 114 Å². The molecule has 5 nitrogen and oxygen atoms in total. The molecule has 1 aromatic heterocycles. The lowest BCUT2D eigenvalue weighted by Gasteiger charge is -2.35. The molecule has 2 rings (SSSR count). The standard InChI is InChI=1S/C13H22N2O3S/c1-9(2)10-4-5-13(16)12(6-10)15-8-11(7-14-15)19(3,17)18/h7-10,12-13,16H,4-6H2,1-3H3. The third kappa shape index (κ3) is 3.17. The predicted molar refractivity (Wildman–Crippen MR) is 72.6 cm³/mol. The van der Waals surface area contributed by atoms with Gasteiger partial charge in [0.15, 0.2) is 9.84 Å². The van der Waals surface area contributed by atoms with Gasteiger partial charge in [0.2, 0.25) is 0 Å². The van der Waals surface area contributed by atoms with Gasteiger partial charge in [-0.1, -0.05) is 13.8 Å². The highest BCUT2D eigenvalue weighted by molar-refractivity contribution is 7.90. The highest BCUT2D eigenvalue weighted by Crippen LogP contribution is 2.36. The summed E-state index contributed by atoms with van der Waals surface area (Å²) in [6.45, 7) is 4.37. The van der Waals surface area contributed by atoms with Crippen LogP contribution >= 0.6 is 0 Å². The van der Waals surface area contributed by atoms with Crippen molar-refractivity contribution in [2.24, 2.45) is 11.8 Å². The quantitative estimate of drug-likeness (QED) is 0.917. The molecule has 6 heteroatoms. The van der Waals surface area contributed by atoms with E-state index in [1.165, 1.54) is 18.6 Å². The smallest absolute Gasteiger partial charge is 0.178 e. The van der Waals surface area contributed by atoms with Gasteiger partial charge in [0, 0.05) is 12.5 Å². The van der Waals surface area contributed by atoms with Crippen molar-refractivity contribution in [2.45, 2.75) is 50.2 Å². The van der Waals surface area contributed by atoms with Crippen LogP contribution in [-0.2, 0) is 9.84 Å².